The lowest BCUT2D eigenvalue weighted by molar-refractivity contribution is -0.115. The van der Waals surface area contributed by atoms with E-state index in [9.17, 15) is 9.18 Å². The van der Waals surface area contributed by atoms with E-state index in [-0.39, 0.29) is 12.2 Å². The number of allylic oxidation sites excluding steroid dienone is 2. The molecule has 0 aromatic heterocycles. The maximum atomic E-state index is 12.1. The van der Waals surface area contributed by atoms with Gasteiger partial charge >= 0.3 is 0 Å². The molecule has 0 N–H and O–H groups in total. The molecule has 0 radical (unpaired) electrons. The monoisotopic (exact) mass is 208 g/mol. The van der Waals surface area contributed by atoms with Crippen molar-refractivity contribution < 1.29 is 9.18 Å². The molecule has 0 aromatic carbocycles. The zero-order chi connectivity index (χ0) is 8.15. The molecule has 0 spiro atoms. The molecule has 0 aliphatic heterocycles. The summed E-state index contributed by atoms with van der Waals surface area (Å²) >= 11 is 3.08. The van der Waals surface area contributed by atoms with Crippen molar-refractivity contribution in [3.63, 3.8) is 0 Å². The summed E-state index contributed by atoms with van der Waals surface area (Å²) in [6.07, 6.45) is 0.314. The predicted molar refractivity (Wildman–Crippen MR) is 42.9 cm³/mol. The smallest absolute Gasteiger partial charge is 0.159 e. The maximum absolute atomic E-state index is 12.1. The van der Waals surface area contributed by atoms with Crippen LogP contribution < -0.4 is 0 Å². The van der Waals surface area contributed by atoms with Crippen LogP contribution in [0.15, 0.2) is 10.6 Å². The molecule has 3 heteroatoms. The normalized spacial score (nSPS) is 15.0. The van der Waals surface area contributed by atoms with Gasteiger partial charge < -0.3 is 0 Å². The van der Waals surface area contributed by atoms with E-state index in [0.29, 0.717) is 0 Å². The molecular weight excluding hydrogens is 199 g/mol. The quantitative estimate of drug-likeness (QED) is 0.653. The maximum Gasteiger partial charge on any atom is 0.159 e. The van der Waals surface area contributed by atoms with Crippen LogP contribution in [0.2, 0.25) is 0 Å². The van der Waals surface area contributed by atoms with Gasteiger partial charge in [0.2, 0.25) is 0 Å². The Morgan fingerprint density at radius 2 is 2.30 bits per heavy atom. The van der Waals surface area contributed by atoms with Gasteiger partial charge in [0.1, 0.15) is 6.17 Å². The second-order valence-corrected chi connectivity index (χ2v) is 3.43. The second-order valence-electron chi connectivity index (χ2n) is 2.18. The highest BCUT2D eigenvalue weighted by Crippen LogP contribution is 2.05. The summed E-state index contributed by atoms with van der Waals surface area (Å²) in [5.74, 6) is -0.177. The largest absolute Gasteiger partial charge is 0.295 e. The van der Waals surface area contributed by atoms with Crippen molar-refractivity contribution in [1.29, 1.82) is 0 Å². The van der Waals surface area contributed by atoms with Crippen LogP contribution >= 0.6 is 15.9 Å². The molecule has 0 bridgehead atoms. The lowest BCUT2D eigenvalue weighted by Crippen LogP contribution is -2.01. The first-order chi connectivity index (χ1) is 4.52. The number of ketones is 1. The number of hydrogen-bond acceptors (Lipinski definition) is 1. The van der Waals surface area contributed by atoms with Crippen molar-refractivity contribution in [3.05, 3.63) is 10.6 Å². The van der Waals surface area contributed by atoms with Crippen molar-refractivity contribution >= 4 is 21.7 Å². The van der Waals surface area contributed by atoms with Crippen molar-refractivity contribution in [3.8, 4) is 0 Å². The Balaban J connectivity index is 3.76. The van der Waals surface area contributed by atoms with Crippen LogP contribution in [0, 0.1) is 0 Å². The third kappa shape index (κ3) is 5.95. The summed E-state index contributed by atoms with van der Waals surface area (Å²) < 4.78 is 12.9. The summed E-state index contributed by atoms with van der Waals surface area (Å²) in [5.41, 5.74) is 0. The van der Waals surface area contributed by atoms with E-state index in [1.54, 1.807) is 6.92 Å². The summed E-state index contributed by atoms with van der Waals surface area (Å²) in [6.45, 7) is 3.11. The fourth-order valence-corrected chi connectivity index (χ4v) is 0.813. The number of hydrogen-bond donors (Lipinski definition) is 0. The Labute approximate surface area is 68.4 Å². The van der Waals surface area contributed by atoms with E-state index in [2.05, 4.69) is 15.9 Å². The average molecular weight is 209 g/mol. The molecule has 0 fully saturated rings. The molecule has 0 amide bonds. The van der Waals surface area contributed by atoms with Gasteiger partial charge in [-0.05, 0) is 24.4 Å². The molecule has 0 aliphatic rings. The van der Waals surface area contributed by atoms with Crippen LogP contribution in [0.1, 0.15) is 20.3 Å². The van der Waals surface area contributed by atoms with Gasteiger partial charge in [0.05, 0.1) is 0 Å². The van der Waals surface area contributed by atoms with E-state index in [1.807, 2.05) is 0 Å². The summed E-state index contributed by atoms with van der Waals surface area (Å²) in [6, 6.07) is 0. The highest BCUT2D eigenvalue weighted by Gasteiger charge is 2.03. The van der Waals surface area contributed by atoms with E-state index in [0.717, 1.165) is 4.48 Å². The third-order valence-corrected chi connectivity index (χ3v) is 1.07. The Morgan fingerprint density at radius 3 is 2.60 bits per heavy atom. The zero-order valence-electron chi connectivity index (χ0n) is 6.03. The summed E-state index contributed by atoms with van der Waals surface area (Å²) in [7, 11) is 0. The van der Waals surface area contributed by atoms with Crippen LogP contribution in [0.5, 0.6) is 0 Å². The summed E-state index contributed by atoms with van der Waals surface area (Å²) in [5, 5.41) is 0. The van der Waals surface area contributed by atoms with Gasteiger partial charge in [-0.15, -0.1) is 0 Å². The summed E-state index contributed by atoms with van der Waals surface area (Å²) in [4.78, 5) is 10.7. The number of carbonyl (C=O) groups is 1. The molecular formula is C7H10BrFO. The zero-order valence-corrected chi connectivity index (χ0v) is 7.61. The molecule has 0 saturated carbocycles. The lowest BCUT2D eigenvalue weighted by atomic mass is 10.2. The fraction of sp³-hybridized carbons (Fsp3) is 0.571. The van der Waals surface area contributed by atoms with Crippen molar-refractivity contribution in [2.75, 3.05) is 0 Å². The van der Waals surface area contributed by atoms with Crippen LogP contribution in [0.25, 0.3) is 0 Å². The van der Waals surface area contributed by atoms with Gasteiger partial charge in [0, 0.05) is 6.42 Å². The molecule has 1 unspecified atom stereocenters. The van der Waals surface area contributed by atoms with Crippen LogP contribution in [-0.2, 0) is 4.79 Å². The highest BCUT2D eigenvalue weighted by atomic mass is 79.9. The van der Waals surface area contributed by atoms with Gasteiger partial charge in [0.25, 0.3) is 0 Å². The van der Waals surface area contributed by atoms with E-state index in [1.165, 1.54) is 13.0 Å². The first-order valence-corrected chi connectivity index (χ1v) is 3.82. The first-order valence-electron chi connectivity index (χ1n) is 3.03. The Morgan fingerprint density at radius 1 is 1.80 bits per heavy atom. The Kier molecular flexibility index (Phi) is 4.52. The molecule has 0 aliphatic carbocycles. The topological polar surface area (TPSA) is 17.1 Å². The minimum absolute atomic E-state index is 0.0249. The molecule has 0 saturated heterocycles. The Bertz CT molecular complexity index is 148. The minimum Gasteiger partial charge on any atom is -0.295 e. The predicted octanol–water partition coefficient (Wildman–Crippen LogP) is 2.60. The first kappa shape index (κ1) is 9.82. The van der Waals surface area contributed by atoms with Crippen LogP contribution in [0.3, 0.4) is 0 Å². The molecule has 1 nitrogen and oxygen atoms in total. The highest BCUT2D eigenvalue weighted by molar-refractivity contribution is 9.11. The van der Waals surface area contributed by atoms with E-state index >= 15 is 0 Å². The average Bonchev–Trinajstić information content (AvgIpc) is 1.58. The molecule has 58 valence electrons. The number of alkyl halides is 1. The molecule has 1 atom stereocenters. The van der Waals surface area contributed by atoms with Crippen LogP contribution in [-0.4, -0.2) is 12.0 Å². The van der Waals surface area contributed by atoms with E-state index < -0.39 is 6.17 Å². The fourth-order valence-electron chi connectivity index (χ4n) is 0.558. The van der Waals surface area contributed by atoms with Crippen molar-refractivity contribution in [2.24, 2.45) is 0 Å². The van der Waals surface area contributed by atoms with Crippen LogP contribution in [0.4, 0.5) is 4.39 Å². The number of carbonyl (C=O) groups excluding carboxylic acids is 1. The lowest BCUT2D eigenvalue weighted by Gasteiger charge is -1.95. The van der Waals surface area contributed by atoms with Crippen molar-refractivity contribution in [1.82, 2.24) is 0 Å². The van der Waals surface area contributed by atoms with Gasteiger partial charge in [-0.3, -0.25) is 4.79 Å². The molecule has 0 rings (SSSR count). The number of rotatable bonds is 3. The SMILES string of the molecule is C/C(Br)=C\C(=O)CC(C)F. The van der Waals surface area contributed by atoms with Gasteiger partial charge in [-0.25, -0.2) is 4.39 Å². The third-order valence-electron chi connectivity index (χ3n) is 0.842. The van der Waals surface area contributed by atoms with Gasteiger partial charge in [-0.1, -0.05) is 15.9 Å². The standard InChI is InChI=1S/C7H10BrFO/c1-5(8)3-7(10)4-6(2)9/h3,6H,4H2,1-2H3/b5-3+. The van der Waals surface area contributed by atoms with E-state index in [4.69, 9.17) is 0 Å². The number of halogens is 2. The minimum atomic E-state index is -1.05. The van der Waals surface area contributed by atoms with Crippen molar-refractivity contribution in [2.45, 2.75) is 26.4 Å². The van der Waals surface area contributed by atoms with Gasteiger partial charge in [-0.2, -0.15) is 0 Å². The van der Waals surface area contributed by atoms with Gasteiger partial charge in [0.15, 0.2) is 5.78 Å². The molecule has 10 heavy (non-hydrogen) atoms. The molecule has 0 heterocycles. The molecule has 0 aromatic rings. The second kappa shape index (κ2) is 4.61. The Hall–Kier alpha value is -0.180.